The fourth-order valence-corrected chi connectivity index (χ4v) is 4.97. The minimum Gasteiger partial charge on any atom is -0.497 e. The van der Waals surface area contributed by atoms with E-state index in [1.165, 1.54) is 0 Å². The van der Waals surface area contributed by atoms with Gasteiger partial charge in [0.15, 0.2) is 0 Å². The largest absolute Gasteiger partial charge is 0.497 e. The molecule has 2 aromatic carbocycles. The monoisotopic (exact) mass is 391 g/mol. The van der Waals surface area contributed by atoms with E-state index in [2.05, 4.69) is 0 Å². The van der Waals surface area contributed by atoms with Crippen molar-refractivity contribution < 1.29 is 14.6 Å². The Morgan fingerprint density at radius 3 is 2.59 bits per heavy atom. The highest BCUT2D eigenvalue weighted by Crippen LogP contribution is 2.49. The molecule has 2 aromatic rings. The van der Waals surface area contributed by atoms with Gasteiger partial charge in [0, 0.05) is 18.5 Å². The summed E-state index contributed by atoms with van der Waals surface area (Å²) >= 11 is 0. The fourth-order valence-electron chi connectivity index (χ4n) is 4.97. The highest BCUT2D eigenvalue weighted by molar-refractivity contribution is 5.92. The molecule has 0 radical (unpaired) electrons. The molecule has 29 heavy (non-hydrogen) atoms. The number of benzene rings is 2. The molecular formula is C25H29NO3. The predicted octanol–water partition coefficient (Wildman–Crippen LogP) is 4.60. The van der Waals surface area contributed by atoms with Crippen LogP contribution < -0.4 is 4.74 Å². The number of methoxy groups -OCH3 is 1. The van der Waals surface area contributed by atoms with Crippen LogP contribution >= 0.6 is 0 Å². The van der Waals surface area contributed by atoms with Crippen LogP contribution in [0.15, 0.2) is 60.7 Å². The molecule has 0 bridgehead atoms. The number of nitrogens with zero attached hydrogens (tertiary/aromatic N) is 1. The van der Waals surface area contributed by atoms with Gasteiger partial charge in [0.2, 0.25) is 5.91 Å². The SMILES string of the molecule is COc1ccc([C@@H]2[C@H]3CCCC[C@@]3(O)CCN2C(=O)/C=C/c2ccccc2)cc1. The molecule has 1 N–H and O–H groups in total. The molecule has 0 spiro atoms. The summed E-state index contributed by atoms with van der Waals surface area (Å²) in [4.78, 5) is 15.1. The number of carbonyl (C=O) groups is 1. The number of amides is 1. The van der Waals surface area contributed by atoms with Gasteiger partial charge < -0.3 is 14.7 Å². The Bertz CT molecular complexity index is 861. The summed E-state index contributed by atoms with van der Waals surface area (Å²) in [5.41, 5.74) is 1.40. The van der Waals surface area contributed by atoms with Crippen molar-refractivity contribution in [2.45, 2.75) is 43.7 Å². The number of likely N-dealkylation sites (tertiary alicyclic amines) is 1. The van der Waals surface area contributed by atoms with Gasteiger partial charge in [-0.1, -0.05) is 55.3 Å². The molecule has 1 aliphatic heterocycles. The summed E-state index contributed by atoms with van der Waals surface area (Å²) in [6, 6.07) is 17.7. The van der Waals surface area contributed by atoms with Crippen molar-refractivity contribution in [3.63, 3.8) is 0 Å². The molecule has 2 fully saturated rings. The van der Waals surface area contributed by atoms with Gasteiger partial charge in [0.1, 0.15) is 5.75 Å². The Balaban J connectivity index is 1.65. The number of aliphatic hydroxyl groups is 1. The molecule has 2 aliphatic rings. The first-order chi connectivity index (χ1) is 14.1. The van der Waals surface area contributed by atoms with Crippen molar-refractivity contribution in [3.05, 3.63) is 71.8 Å². The van der Waals surface area contributed by atoms with E-state index in [0.29, 0.717) is 13.0 Å². The number of carbonyl (C=O) groups excluding carboxylic acids is 1. The molecule has 1 amide bonds. The first-order valence-electron chi connectivity index (χ1n) is 10.5. The quantitative estimate of drug-likeness (QED) is 0.775. The Labute approximate surface area is 172 Å². The third-order valence-corrected chi connectivity index (χ3v) is 6.53. The van der Waals surface area contributed by atoms with Crippen LogP contribution in [0.2, 0.25) is 0 Å². The molecule has 1 aliphatic carbocycles. The average molecular weight is 392 g/mol. The lowest BCUT2D eigenvalue weighted by molar-refractivity contribution is -0.150. The van der Waals surface area contributed by atoms with E-state index in [1.807, 2.05) is 65.6 Å². The lowest BCUT2D eigenvalue weighted by Crippen LogP contribution is -2.56. The van der Waals surface area contributed by atoms with Crippen molar-refractivity contribution in [1.82, 2.24) is 4.90 Å². The summed E-state index contributed by atoms with van der Waals surface area (Å²) in [6.07, 6.45) is 8.11. The number of hydrogen-bond acceptors (Lipinski definition) is 3. The van der Waals surface area contributed by atoms with Crippen LogP contribution in [0.3, 0.4) is 0 Å². The van der Waals surface area contributed by atoms with Gasteiger partial charge in [-0.15, -0.1) is 0 Å². The summed E-state index contributed by atoms with van der Waals surface area (Å²) in [6.45, 7) is 0.571. The number of fused-ring (bicyclic) bond motifs is 1. The van der Waals surface area contributed by atoms with E-state index in [-0.39, 0.29) is 17.9 Å². The van der Waals surface area contributed by atoms with Crippen molar-refractivity contribution in [3.8, 4) is 5.75 Å². The van der Waals surface area contributed by atoms with Crippen LogP contribution in [-0.4, -0.2) is 35.2 Å². The number of ether oxygens (including phenoxy) is 1. The van der Waals surface area contributed by atoms with Crippen molar-refractivity contribution in [2.75, 3.05) is 13.7 Å². The Hall–Kier alpha value is -2.59. The van der Waals surface area contributed by atoms with Crippen LogP contribution in [0, 0.1) is 5.92 Å². The Morgan fingerprint density at radius 1 is 1.10 bits per heavy atom. The van der Waals surface area contributed by atoms with Gasteiger partial charge in [-0.25, -0.2) is 0 Å². The van der Waals surface area contributed by atoms with E-state index in [9.17, 15) is 9.90 Å². The standard InChI is InChI=1S/C25H29NO3/c1-29-21-13-11-20(12-14-21)24-22-9-5-6-16-25(22,28)17-18-26(24)23(27)15-10-19-7-3-2-4-8-19/h2-4,7-8,10-15,22,24,28H,5-6,9,16-18H2,1H3/b15-10+/t22-,24-,25-/m1/s1. The molecule has 1 saturated heterocycles. The van der Waals surface area contributed by atoms with E-state index >= 15 is 0 Å². The van der Waals surface area contributed by atoms with Gasteiger partial charge in [-0.3, -0.25) is 4.79 Å². The van der Waals surface area contributed by atoms with Gasteiger partial charge in [-0.2, -0.15) is 0 Å². The van der Waals surface area contributed by atoms with Gasteiger partial charge in [-0.05, 0) is 48.6 Å². The van der Waals surface area contributed by atoms with Crippen LogP contribution in [0.5, 0.6) is 5.75 Å². The van der Waals surface area contributed by atoms with E-state index in [0.717, 1.165) is 42.6 Å². The molecule has 4 nitrogen and oxygen atoms in total. The van der Waals surface area contributed by atoms with Crippen LogP contribution in [-0.2, 0) is 4.79 Å². The maximum atomic E-state index is 13.2. The van der Waals surface area contributed by atoms with Gasteiger partial charge >= 0.3 is 0 Å². The van der Waals surface area contributed by atoms with E-state index in [1.54, 1.807) is 13.2 Å². The zero-order chi connectivity index (χ0) is 20.3. The van der Waals surface area contributed by atoms with Crippen molar-refractivity contribution in [2.24, 2.45) is 5.92 Å². The Morgan fingerprint density at radius 2 is 1.86 bits per heavy atom. The third kappa shape index (κ3) is 4.08. The zero-order valence-corrected chi connectivity index (χ0v) is 17.0. The fraction of sp³-hybridized carbons (Fsp3) is 0.400. The average Bonchev–Trinajstić information content (AvgIpc) is 2.77. The highest BCUT2D eigenvalue weighted by Gasteiger charge is 2.49. The zero-order valence-electron chi connectivity index (χ0n) is 17.0. The minimum absolute atomic E-state index is 0.00212. The molecular weight excluding hydrogens is 362 g/mol. The van der Waals surface area contributed by atoms with E-state index in [4.69, 9.17) is 4.74 Å². The van der Waals surface area contributed by atoms with Gasteiger partial charge in [0.05, 0.1) is 18.8 Å². The number of hydrogen-bond donors (Lipinski definition) is 1. The smallest absolute Gasteiger partial charge is 0.247 e. The molecule has 0 unspecified atom stereocenters. The van der Waals surface area contributed by atoms with E-state index < -0.39 is 5.60 Å². The molecule has 1 heterocycles. The maximum absolute atomic E-state index is 13.2. The normalized spacial score (nSPS) is 26.9. The Kier molecular flexibility index (Phi) is 5.72. The molecule has 0 aromatic heterocycles. The van der Waals surface area contributed by atoms with Crippen LogP contribution in [0.1, 0.15) is 49.3 Å². The van der Waals surface area contributed by atoms with Gasteiger partial charge in [0.25, 0.3) is 0 Å². The topological polar surface area (TPSA) is 49.8 Å². The lowest BCUT2D eigenvalue weighted by atomic mass is 9.66. The molecule has 4 heteroatoms. The second-order valence-corrected chi connectivity index (χ2v) is 8.20. The summed E-state index contributed by atoms with van der Waals surface area (Å²) in [5.74, 6) is 0.861. The third-order valence-electron chi connectivity index (χ3n) is 6.53. The van der Waals surface area contributed by atoms with Crippen molar-refractivity contribution in [1.29, 1.82) is 0 Å². The predicted molar refractivity (Wildman–Crippen MR) is 114 cm³/mol. The second-order valence-electron chi connectivity index (χ2n) is 8.20. The van der Waals surface area contributed by atoms with Crippen LogP contribution in [0.4, 0.5) is 0 Å². The minimum atomic E-state index is -0.678. The molecule has 4 rings (SSSR count). The first-order valence-corrected chi connectivity index (χ1v) is 10.5. The summed E-state index contributed by atoms with van der Waals surface area (Å²) < 4.78 is 5.30. The van der Waals surface area contributed by atoms with Crippen LogP contribution in [0.25, 0.3) is 6.08 Å². The number of piperidine rings is 1. The summed E-state index contributed by atoms with van der Waals surface area (Å²) in [5, 5.41) is 11.4. The summed E-state index contributed by atoms with van der Waals surface area (Å²) in [7, 11) is 1.65. The maximum Gasteiger partial charge on any atom is 0.247 e. The lowest BCUT2D eigenvalue weighted by Gasteiger charge is -2.52. The molecule has 1 saturated carbocycles. The second kappa shape index (κ2) is 8.42. The molecule has 3 atom stereocenters. The first kappa shape index (κ1) is 19.7. The van der Waals surface area contributed by atoms with Crippen molar-refractivity contribution >= 4 is 12.0 Å². The molecule has 152 valence electrons. The number of rotatable bonds is 4. The highest BCUT2D eigenvalue weighted by atomic mass is 16.5.